The highest BCUT2D eigenvalue weighted by atomic mass is 32.2. The molecule has 0 saturated carbocycles. The Hall–Kier alpha value is -0.740. The summed E-state index contributed by atoms with van der Waals surface area (Å²) >= 11 is 7.19. The van der Waals surface area contributed by atoms with E-state index in [1.807, 2.05) is 13.0 Å². The second kappa shape index (κ2) is 7.89. The molecule has 1 N–H and O–H groups in total. The monoisotopic (exact) mass is 311 g/mol. The smallest absolute Gasteiger partial charge is 0.136 e. The minimum Gasteiger partial charge on any atom is -0.508 e. The van der Waals surface area contributed by atoms with Crippen molar-refractivity contribution in [2.24, 2.45) is 0 Å². The Kier molecular flexibility index (Phi) is 6.83. The first-order chi connectivity index (χ1) is 9.40. The fourth-order valence-electron chi connectivity index (χ4n) is 2.15. The first-order valence-electron chi connectivity index (χ1n) is 7.14. The molecule has 4 heteroatoms. The van der Waals surface area contributed by atoms with Crippen molar-refractivity contribution in [3.05, 3.63) is 28.8 Å². The third-order valence-corrected chi connectivity index (χ3v) is 5.02. The van der Waals surface area contributed by atoms with Gasteiger partial charge in [-0.25, -0.2) is 0 Å². The number of benzene rings is 1. The molecule has 0 amide bonds. The molecule has 0 saturated heterocycles. The summed E-state index contributed by atoms with van der Waals surface area (Å²) in [6.45, 7) is 12.4. The van der Waals surface area contributed by atoms with Crippen molar-refractivity contribution in [1.82, 2.24) is 4.90 Å². The number of aromatic hydroxyl groups is 1. The topological polar surface area (TPSA) is 23.5 Å². The summed E-state index contributed by atoms with van der Waals surface area (Å²) < 4.78 is 0.954. The molecule has 1 aromatic carbocycles. The maximum atomic E-state index is 9.87. The number of thiocarbonyl (C=S) groups is 1. The Balaban J connectivity index is 2.87. The van der Waals surface area contributed by atoms with Gasteiger partial charge in [-0.3, -0.25) is 0 Å². The molecule has 0 aromatic heterocycles. The number of hydrogen-bond acceptors (Lipinski definition) is 3. The maximum Gasteiger partial charge on any atom is 0.136 e. The van der Waals surface area contributed by atoms with E-state index in [-0.39, 0.29) is 0 Å². The van der Waals surface area contributed by atoms with E-state index in [4.69, 9.17) is 12.2 Å². The van der Waals surface area contributed by atoms with E-state index in [1.54, 1.807) is 11.8 Å². The van der Waals surface area contributed by atoms with E-state index in [1.165, 1.54) is 11.1 Å². The number of phenolic OH excluding ortho intramolecular Hbond substituents is 1. The molecule has 0 heterocycles. The average molecular weight is 312 g/mol. The number of phenols is 1. The normalized spacial score (nSPS) is 10.9. The lowest BCUT2D eigenvalue weighted by molar-refractivity contribution is 0.469. The van der Waals surface area contributed by atoms with Crippen LogP contribution in [0, 0.1) is 6.92 Å². The lowest BCUT2D eigenvalue weighted by Crippen LogP contribution is -2.26. The highest BCUT2D eigenvalue weighted by Crippen LogP contribution is 2.30. The van der Waals surface area contributed by atoms with E-state index in [0.717, 1.165) is 28.7 Å². The highest BCUT2D eigenvalue weighted by Gasteiger charge is 2.12. The lowest BCUT2D eigenvalue weighted by atomic mass is 9.96. The first kappa shape index (κ1) is 17.3. The van der Waals surface area contributed by atoms with Crippen LogP contribution >= 0.6 is 24.0 Å². The summed E-state index contributed by atoms with van der Waals surface area (Å²) in [7, 11) is 0. The van der Waals surface area contributed by atoms with Crippen molar-refractivity contribution in [2.45, 2.75) is 46.3 Å². The Bertz CT molecular complexity index is 468. The van der Waals surface area contributed by atoms with Gasteiger partial charge in [0.1, 0.15) is 10.1 Å². The Morgan fingerprint density at radius 3 is 2.40 bits per heavy atom. The number of aryl methyl sites for hydroxylation is 1. The van der Waals surface area contributed by atoms with Crippen LogP contribution < -0.4 is 0 Å². The largest absolute Gasteiger partial charge is 0.508 e. The van der Waals surface area contributed by atoms with Crippen molar-refractivity contribution in [3.8, 4) is 5.75 Å². The molecule has 0 aliphatic rings. The van der Waals surface area contributed by atoms with Gasteiger partial charge in [0.2, 0.25) is 0 Å². The average Bonchev–Trinajstić information content (AvgIpc) is 2.40. The first-order valence-corrected chi connectivity index (χ1v) is 8.54. The number of thioether (sulfide) groups is 1. The molecule has 0 bridgehead atoms. The molecule has 1 aromatic rings. The maximum absolute atomic E-state index is 9.87. The molecule has 1 rings (SSSR count). The van der Waals surface area contributed by atoms with E-state index >= 15 is 0 Å². The molecule has 20 heavy (non-hydrogen) atoms. The fourth-order valence-corrected chi connectivity index (χ4v) is 3.55. The zero-order chi connectivity index (χ0) is 15.3. The molecule has 0 fully saturated rings. The molecule has 0 aliphatic heterocycles. The molecule has 0 atom stereocenters. The van der Waals surface area contributed by atoms with Crippen LogP contribution in [0.15, 0.2) is 12.1 Å². The molecule has 0 radical (unpaired) electrons. The summed E-state index contributed by atoms with van der Waals surface area (Å²) in [5, 5.41) is 9.87. The Morgan fingerprint density at radius 2 is 1.90 bits per heavy atom. The molecule has 112 valence electrons. The van der Waals surface area contributed by atoms with Crippen molar-refractivity contribution in [1.29, 1.82) is 0 Å². The van der Waals surface area contributed by atoms with Crippen LogP contribution in [0.25, 0.3) is 0 Å². The minimum absolute atomic E-state index is 0.383. The van der Waals surface area contributed by atoms with Crippen molar-refractivity contribution in [2.75, 3.05) is 13.1 Å². The SMILES string of the molecule is CCN(CC)C(=S)SCc1cc(C)c(O)cc1C(C)C. The predicted molar refractivity (Wildman–Crippen MR) is 93.7 cm³/mol. The number of rotatable bonds is 5. The summed E-state index contributed by atoms with van der Waals surface area (Å²) in [5.74, 6) is 1.65. The molecule has 0 unspecified atom stereocenters. The van der Waals surface area contributed by atoms with Crippen molar-refractivity contribution >= 4 is 28.3 Å². The number of hydrogen-bond donors (Lipinski definition) is 1. The van der Waals surface area contributed by atoms with Gasteiger partial charge in [0, 0.05) is 18.8 Å². The van der Waals surface area contributed by atoms with Crippen LogP contribution in [0.3, 0.4) is 0 Å². The van der Waals surface area contributed by atoms with Gasteiger partial charge in [-0.2, -0.15) is 0 Å². The van der Waals surface area contributed by atoms with Crippen LogP contribution in [0.5, 0.6) is 5.75 Å². The Morgan fingerprint density at radius 1 is 1.30 bits per heavy atom. The standard InChI is InChI=1S/C16H25NOS2/c1-6-17(7-2)16(19)20-10-13-8-12(5)15(18)9-14(13)11(3)4/h8-9,11,18H,6-7,10H2,1-5H3. The van der Waals surface area contributed by atoms with Crippen LogP contribution in [0.2, 0.25) is 0 Å². The zero-order valence-corrected chi connectivity index (χ0v) is 14.7. The summed E-state index contributed by atoms with van der Waals surface area (Å²) in [5.41, 5.74) is 3.41. The molecular formula is C16H25NOS2. The van der Waals surface area contributed by atoms with Gasteiger partial charge in [-0.1, -0.05) is 43.9 Å². The predicted octanol–water partition coefficient (Wildman–Crippen LogP) is 4.68. The van der Waals surface area contributed by atoms with Gasteiger partial charge in [0.25, 0.3) is 0 Å². The van der Waals surface area contributed by atoms with Crippen molar-refractivity contribution in [3.63, 3.8) is 0 Å². The summed E-state index contributed by atoms with van der Waals surface area (Å²) in [6.07, 6.45) is 0. The highest BCUT2D eigenvalue weighted by molar-refractivity contribution is 8.22. The second-order valence-electron chi connectivity index (χ2n) is 5.22. The minimum atomic E-state index is 0.383. The van der Waals surface area contributed by atoms with Gasteiger partial charge in [0.15, 0.2) is 0 Å². The van der Waals surface area contributed by atoms with Crippen LogP contribution in [0.1, 0.15) is 50.3 Å². The quantitative estimate of drug-likeness (QED) is 0.797. The van der Waals surface area contributed by atoms with E-state index in [0.29, 0.717) is 11.7 Å². The van der Waals surface area contributed by atoms with E-state index < -0.39 is 0 Å². The van der Waals surface area contributed by atoms with Gasteiger partial charge >= 0.3 is 0 Å². The molecular weight excluding hydrogens is 286 g/mol. The van der Waals surface area contributed by atoms with Gasteiger partial charge in [-0.15, -0.1) is 0 Å². The molecule has 2 nitrogen and oxygen atoms in total. The molecule has 0 aliphatic carbocycles. The van der Waals surface area contributed by atoms with E-state index in [9.17, 15) is 5.11 Å². The third-order valence-electron chi connectivity index (χ3n) is 3.45. The van der Waals surface area contributed by atoms with Crippen molar-refractivity contribution < 1.29 is 5.11 Å². The third kappa shape index (κ3) is 4.38. The van der Waals surface area contributed by atoms with Crippen LogP contribution in [-0.4, -0.2) is 27.4 Å². The number of nitrogens with zero attached hydrogens (tertiary/aromatic N) is 1. The lowest BCUT2D eigenvalue weighted by Gasteiger charge is -2.22. The second-order valence-corrected chi connectivity index (χ2v) is 6.83. The van der Waals surface area contributed by atoms with Gasteiger partial charge in [0.05, 0.1) is 0 Å². The van der Waals surface area contributed by atoms with Gasteiger partial charge < -0.3 is 10.0 Å². The van der Waals surface area contributed by atoms with E-state index in [2.05, 4.69) is 38.7 Å². The summed E-state index contributed by atoms with van der Waals surface area (Å²) in [6, 6.07) is 3.98. The molecule has 0 spiro atoms. The van der Waals surface area contributed by atoms with Gasteiger partial charge in [-0.05, 0) is 49.4 Å². The van der Waals surface area contributed by atoms with Crippen LogP contribution in [-0.2, 0) is 5.75 Å². The fraction of sp³-hybridized carbons (Fsp3) is 0.562. The Labute approximate surface area is 132 Å². The van der Waals surface area contributed by atoms with Crippen LogP contribution in [0.4, 0.5) is 0 Å². The summed E-state index contributed by atoms with van der Waals surface area (Å²) in [4.78, 5) is 2.20. The zero-order valence-electron chi connectivity index (χ0n) is 13.1.